The van der Waals surface area contributed by atoms with E-state index in [0.717, 1.165) is 26.1 Å². The first-order chi connectivity index (χ1) is 10.5. The Hall–Kier alpha value is -1.30. The number of carboxylic acids is 1. The van der Waals surface area contributed by atoms with E-state index >= 15 is 0 Å². The second-order valence-electron chi connectivity index (χ2n) is 8.51. The van der Waals surface area contributed by atoms with E-state index in [0.29, 0.717) is 19.5 Å². The summed E-state index contributed by atoms with van der Waals surface area (Å²) >= 11 is 0. The Bertz CT molecular complexity index is 475. The van der Waals surface area contributed by atoms with Crippen molar-refractivity contribution in [1.82, 2.24) is 9.80 Å². The summed E-state index contributed by atoms with van der Waals surface area (Å²) in [6, 6.07) is 0. The summed E-state index contributed by atoms with van der Waals surface area (Å²) in [5.74, 6) is -0.671. The number of ether oxygens (including phenoxy) is 1. The lowest BCUT2D eigenvalue weighted by molar-refractivity contribution is -0.145. The first-order valence-electron chi connectivity index (χ1n) is 8.41. The summed E-state index contributed by atoms with van der Waals surface area (Å²) in [6.07, 6.45) is 1.18. The predicted molar refractivity (Wildman–Crippen MR) is 87.3 cm³/mol. The smallest absolute Gasteiger partial charge is 0.410 e. The van der Waals surface area contributed by atoms with Crippen molar-refractivity contribution in [2.24, 2.45) is 10.8 Å². The summed E-state index contributed by atoms with van der Waals surface area (Å²) in [6.45, 7) is 13.3. The van der Waals surface area contributed by atoms with Gasteiger partial charge in [-0.3, -0.25) is 9.69 Å². The molecule has 2 rings (SSSR count). The number of rotatable bonds is 4. The molecule has 6 nitrogen and oxygen atoms in total. The number of nitrogens with zero attached hydrogens (tertiary/aromatic N) is 2. The molecule has 0 spiro atoms. The second kappa shape index (κ2) is 5.96. The Morgan fingerprint density at radius 2 is 1.65 bits per heavy atom. The number of piperazine rings is 1. The molecular formula is C17H30N2O4. The Morgan fingerprint density at radius 1 is 1.13 bits per heavy atom. The van der Waals surface area contributed by atoms with E-state index in [1.165, 1.54) is 0 Å². The molecule has 0 aromatic rings. The number of hydrogen-bond acceptors (Lipinski definition) is 4. The zero-order chi connectivity index (χ0) is 17.5. The normalized spacial score (nSPS) is 27.6. The van der Waals surface area contributed by atoms with Crippen LogP contribution in [0.15, 0.2) is 0 Å². The lowest BCUT2D eigenvalue weighted by Crippen LogP contribution is -2.50. The van der Waals surface area contributed by atoms with E-state index in [-0.39, 0.29) is 11.5 Å². The Morgan fingerprint density at radius 3 is 2.04 bits per heavy atom. The van der Waals surface area contributed by atoms with E-state index in [9.17, 15) is 14.7 Å². The lowest BCUT2D eigenvalue weighted by Gasteiger charge is -2.36. The largest absolute Gasteiger partial charge is 0.481 e. The minimum absolute atomic E-state index is 0.100. The van der Waals surface area contributed by atoms with Crippen molar-refractivity contribution in [2.45, 2.75) is 53.1 Å². The fourth-order valence-corrected chi connectivity index (χ4v) is 3.44. The SMILES string of the molecule is CC(C)(C)OC(=O)N1CCN(CCC2(C(=O)O)CC2(C)C)CC1. The van der Waals surface area contributed by atoms with Gasteiger partial charge < -0.3 is 14.7 Å². The van der Waals surface area contributed by atoms with Gasteiger partial charge in [0.2, 0.25) is 0 Å². The zero-order valence-corrected chi connectivity index (χ0v) is 15.0. The molecule has 132 valence electrons. The van der Waals surface area contributed by atoms with E-state index in [4.69, 9.17) is 4.74 Å². The topological polar surface area (TPSA) is 70.1 Å². The molecule has 1 saturated carbocycles. The van der Waals surface area contributed by atoms with Crippen LogP contribution in [0.3, 0.4) is 0 Å². The summed E-state index contributed by atoms with van der Waals surface area (Å²) in [7, 11) is 0. The molecule has 2 aliphatic rings. The average Bonchev–Trinajstić information content (AvgIpc) is 2.98. The number of aliphatic carboxylic acids is 1. The molecule has 1 atom stereocenters. The van der Waals surface area contributed by atoms with Crippen LogP contribution in [0.1, 0.15) is 47.5 Å². The van der Waals surface area contributed by atoms with Crippen LogP contribution in [-0.2, 0) is 9.53 Å². The quantitative estimate of drug-likeness (QED) is 0.859. The van der Waals surface area contributed by atoms with E-state index in [2.05, 4.69) is 4.90 Å². The van der Waals surface area contributed by atoms with E-state index in [1.807, 2.05) is 34.6 Å². The Kier molecular flexibility index (Phi) is 4.68. The Balaban J connectivity index is 1.78. The zero-order valence-electron chi connectivity index (χ0n) is 15.0. The van der Waals surface area contributed by atoms with Crippen LogP contribution in [0.2, 0.25) is 0 Å². The van der Waals surface area contributed by atoms with E-state index < -0.39 is 17.0 Å². The van der Waals surface area contributed by atoms with Gasteiger partial charge in [-0.15, -0.1) is 0 Å². The van der Waals surface area contributed by atoms with Crippen molar-refractivity contribution in [3.63, 3.8) is 0 Å². The van der Waals surface area contributed by atoms with Gasteiger partial charge in [-0.2, -0.15) is 0 Å². The molecule has 0 radical (unpaired) electrons. The standard InChI is InChI=1S/C17H30N2O4/c1-15(2,3)23-14(22)19-10-8-18(9-11-19)7-6-17(13(20)21)12-16(17,4)5/h6-12H2,1-5H3,(H,20,21). The van der Waals surface area contributed by atoms with Crippen molar-refractivity contribution in [2.75, 3.05) is 32.7 Å². The van der Waals surface area contributed by atoms with Gasteiger partial charge in [0.05, 0.1) is 5.41 Å². The van der Waals surface area contributed by atoms with Crippen LogP contribution < -0.4 is 0 Å². The van der Waals surface area contributed by atoms with Crippen LogP contribution in [-0.4, -0.2) is 65.3 Å². The number of amides is 1. The van der Waals surface area contributed by atoms with Gasteiger partial charge in [-0.1, -0.05) is 13.8 Å². The van der Waals surface area contributed by atoms with Gasteiger partial charge in [0.15, 0.2) is 0 Å². The maximum absolute atomic E-state index is 12.0. The molecule has 0 aromatic heterocycles. The maximum Gasteiger partial charge on any atom is 0.410 e. The van der Waals surface area contributed by atoms with Crippen LogP contribution in [0, 0.1) is 10.8 Å². The summed E-state index contributed by atoms with van der Waals surface area (Å²) < 4.78 is 5.39. The highest BCUT2D eigenvalue weighted by atomic mass is 16.6. The molecule has 2 fully saturated rings. The molecule has 1 amide bonds. The average molecular weight is 326 g/mol. The summed E-state index contributed by atoms with van der Waals surface area (Å²) in [5, 5.41) is 9.50. The van der Waals surface area contributed by atoms with Crippen LogP contribution in [0.25, 0.3) is 0 Å². The van der Waals surface area contributed by atoms with Crippen molar-refractivity contribution in [1.29, 1.82) is 0 Å². The van der Waals surface area contributed by atoms with Gasteiger partial charge in [-0.25, -0.2) is 4.79 Å². The van der Waals surface area contributed by atoms with Crippen LogP contribution >= 0.6 is 0 Å². The molecule has 1 aliphatic heterocycles. The molecule has 23 heavy (non-hydrogen) atoms. The third-order valence-corrected chi connectivity index (χ3v) is 5.20. The minimum atomic E-state index is -0.671. The summed E-state index contributed by atoms with van der Waals surface area (Å²) in [4.78, 5) is 27.6. The molecule has 6 heteroatoms. The molecule has 1 unspecified atom stereocenters. The number of carbonyl (C=O) groups excluding carboxylic acids is 1. The van der Waals surface area contributed by atoms with Crippen LogP contribution in [0.4, 0.5) is 4.79 Å². The number of carbonyl (C=O) groups is 2. The van der Waals surface area contributed by atoms with Gasteiger partial charge >= 0.3 is 12.1 Å². The highest BCUT2D eigenvalue weighted by Gasteiger charge is 2.66. The molecule has 1 aliphatic carbocycles. The van der Waals surface area contributed by atoms with Crippen molar-refractivity contribution in [3.05, 3.63) is 0 Å². The van der Waals surface area contributed by atoms with Gasteiger partial charge in [0, 0.05) is 26.2 Å². The molecular weight excluding hydrogens is 296 g/mol. The number of hydrogen-bond donors (Lipinski definition) is 1. The van der Waals surface area contributed by atoms with Gasteiger partial charge in [-0.05, 0) is 45.6 Å². The molecule has 1 saturated heterocycles. The summed E-state index contributed by atoms with van der Waals surface area (Å²) in [5.41, 5.74) is -1.13. The first-order valence-corrected chi connectivity index (χ1v) is 8.41. The highest BCUT2D eigenvalue weighted by Crippen LogP contribution is 2.65. The molecule has 1 heterocycles. The van der Waals surface area contributed by atoms with Crippen molar-refractivity contribution in [3.8, 4) is 0 Å². The predicted octanol–water partition coefficient (Wildman–Crippen LogP) is 2.43. The first kappa shape index (κ1) is 18.0. The molecule has 0 aromatic carbocycles. The molecule has 1 N–H and O–H groups in total. The lowest BCUT2D eigenvalue weighted by atomic mass is 9.92. The minimum Gasteiger partial charge on any atom is -0.481 e. The fraction of sp³-hybridized carbons (Fsp3) is 0.882. The van der Waals surface area contributed by atoms with E-state index in [1.54, 1.807) is 4.90 Å². The van der Waals surface area contributed by atoms with Crippen molar-refractivity contribution >= 4 is 12.1 Å². The van der Waals surface area contributed by atoms with Crippen molar-refractivity contribution < 1.29 is 19.4 Å². The number of carboxylic acid groups (broad SMARTS) is 1. The highest BCUT2D eigenvalue weighted by molar-refractivity contribution is 5.79. The van der Waals surface area contributed by atoms with Gasteiger partial charge in [0.25, 0.3) is 0 Å². The van der Waals surface area contributed by atoms with Gasteiger partial charge in [0.1, 0.15) is 5.60 Å². The Labute approximate surface area is 138 Å². The third kappa shape index (κ3) is 3.97. The third-order valence-electron chi connectivity index (χ3n) is 5.20. The van der Waals surface area contributed by atoms with Crippen LogP contribution in [0.5, 0.6) is 0 Å². The molecule has 0 bridgehead atoms. The monoisotopic (exact) mass is 326 g/mol. The second-order valence-corrected chi connectivity index (χ2v) is 8.51. The fourth-order valence-electron chi connectivity index (χ4n) is 3.44. The maximum atomic E-state index is 12.0.